The Labute approximate surface area is 115 Å². The average molecular weight is 278 g/mol. The van der Waals surface area contributed by atoms with E-state index in [1.54, 1.807) is 23.1 Å². The topological polar surface area (TPSA) is 26.3 Å². The predicted molar refractivity (Wildman–Crippen MR) is 77.4 cm³/mol. The van der Waals surface area contributed by atoms with Crippen LogP contribution in [-0.4, -0.2) is 17.8 Å². The molecule has 94 valence electrons. The molecule has 1 atom stereocenters. The minimum absolute atomic E-state index is 0.112. The van der Waals surface area contributed by atoms with Gasteiger partial charge in [0.25, 0.3) is 0 Å². The van der Waals surface area contributed by atoms with Gasteiger partial charge in [0.05, 0.1) is 0 Å². The normalized spacial score (nSPS) is 12.3. The Balaban J connectivity index is 1.94. The Hall–Kier alpha value is -1.26. The van der Waals surface area contributed by atoms with Crippen LogP contribution in [0.4, 0.5) is 0 Å². The number of rotatable bonds is 5. The molecule has 0 aromatic heterocycles. The van der Waals surface area contributed by atoms with Gasteiger partial charge in [-0.05, 0) is 23.9 Å². The molecule has 4 heteroatoms. The molecular weight excluding hydrogens is 264 g/mol. The average Bonchev–Trinajstić information content (AvgIpc) is 2.79. The minimum Gasteiger partial charge on any atom is -0.459 e. The lowest BCUT2D eigenvalue weighted by molar-refractivity contribution is -0.141. The third kappa shape index (κ3) is 3.15. The largest absolute Gasteiger partial charge is 0.459 e. The van der Waals surface area contributed by atoms with Crippen LogP contribution < -0.4 is 0 Å². The highest BCUT2D eigenvalue weighted by molar-refractivity contribution is 7.99. The number of ether oxygens (including phenoxy) is 1. The highest BCUT2D eigenvalue weighted by Gasteiger charge is 2.12. The van der Waals surface area contributed by atoms with Gasteiger partial charge in [0.2, 0.25) is 0 Å². The summed E-state index contributed by atoms with van der Waals surface area (Å²) in [6.45, 7) is 5.28. The summed E-state index contributed by atoms with van der Waals surface area (Å²) in [5.74, 6) is 0.388. The number of thioether (sulfide) groups is 1. The molecule has 0 saturated carbocycles. The number of esters is 1. The first-order valence-electron chi connectivity index (χ1n) is 5.63. The van der Waals surface area contributed by atoms with Crippen molar-refractivity contribution in [2.75, 3.05) is 5.75 Å². The maximum Gasteiger partial charge on any atom is 0.330 e. The molecule has 0 amide bonds. The number of hydrogen-bond acceptors (Lipinski definition) is 4. The van der Waals surface area contributed by atoms with E-state index in [9.17, 15) is 4.79 Å². The van der Waals surface area contributed by atoms with E-state index in [1.807, 2.05) is 6.92 Å². The quantitative estimate of drug-likeness (QED) is 0.468. The Kier molecular flexibility index (Phi) is 4.44. The summed E-state index contributed by atoms with van der Waals surface area (Å²) in [7, 11) is 0. The van der Waals surface area contributed by atoms with E-state index < -0.39 is 0 Å². The third-order valence-electron chi connectivity index (χ3n) is 2.40. The fourth-order valence-corrected chi connectivity index (χ4v) is 3.53. The zero-order valence-corrected chi connectivity index (χ0v) is 11.7. The zero-order valence-electron chi connectivity index (χ0n) is 10.1. The monoisotopic (exact) mass is 278 g/mol. The molecule has 1 aliphatic heterocycles. The second kappa shape index (κ2) is 6.07. The smallest absolute Gasteiger partial charge is 0.330 e. The predicted octanol–water partition coefficient (Wildman–Crippen LogP) is 4.06. The van der Waals surface area contributed by atoms with Crippen LogP contribution in [0.15, 0.2) is 47.2 Å². The molecule has 0 saturated heterocycles. The van der Waals surface area contributed by atoms with Crippen LogP contribution in [0.3, 0.4) is 0 Å². The zero-order chi connectivity index (χ0) is 13.0. The van der Waals surface area contributed by atoms with Gasteiger partial charge in [0, 0.05) is 21.6 Å². The molecule has 2 aliphatic rings. The van der Waals surface area contributed by atoms with Crippen LogP contribution >= 0.6 is 23.1 Å². The van der Waals surface area contributed by atoms with Crippen LogP contribution in [0.1, 0.15) is 6.92 Å². The fraction of sp³-hybridized carbons (Fsp3) is 0.214. The van der Waals surface area contributed by atoms with Gasteiger partial charge >= 0.3 is 5.97 Å². The van der Waals surface area contributed by atoms with Crippen molar-refractivity contribution in [3.63, 3.8) is 0 Å². The summed E-state index contributed by atoms with van der Waals surface area (Å²) >= 11 is 3.45. The summed E-state index contributed by atoms with van der Waals surface area (Å²) in [4.78, 5) is 13.6. The molecule has 1 unspecified atom stereocenters. The van der Waals surface area contributed by atoms with E-state index in [-0.39, 0.29) is 12.1 Å². The summed E-state index contributed by atoms with van der Waals surface area (Å²) in [5.41, 5.74) is 1.26. The minimum atomic E-state index is -0.363. The molecule has 1 aliphatic carbocycles. The van der Waals surface area contributed by atoms with Crippen LogP contribution in [0.2, 0.25) is 0 Å². The van der Waals surface area contributed by atoms with E-state index in [4.69, 9.17) is 4.74 Å². The molecule has 0 aromatic carbocycles. The lowest BCUT2D eigenvalue weighted by Gasteiger charge is -2.11. The number of hydrogen-bond donors (Lipinski definition) is 0. The lowest BCUT2D eigenvalue weighted by atomic mass is 10.3. The van der Waals surface area contributed by atoms with E-state index in [2.05, 4.69) is 36.2 Å². The Morgan fingerprint density at radius 2 is 2.39 bits per heavy atom. The number of carbonyl (C=O) groups excluding carboxylic acids is 1. The summed E-state index contributed by atoms with van der Waals surface area (Å²) < 4.78 is 5.14. The summed E-state index contributed by atoms with van der Waals surface area (Å²) in [6, 6.07) is 8.40. The van der Waals surface area contributed by atoms with Crippen molar-refractivity contribution in [3.8, 4) is 10.4 Å². The van der Waals surface area contributed by atoms with Crippen molar-refractivity contribution in [2.24, 2.45) is 0 Å². The first-order chi connectivity index (χ1) is 8.70. The molecule has 2 nitrogen and oxygen atoms in total. The molecule has 0 spiro atoms. The molecule has 2 rings (SSSR count). The first kappa shape index (κ1) is 13.2. The molecule has 0 fully saturated rings. The van der Waals surface area contributed by atoms with E-state index >= 15 is 0 Å². The van der Waals surface area contributed by atoms with Crippen LogP contribution in [0, 0.1) is 0 Å². The lowest BCUT2D eigenvalue weighted by Crippen LogP contribution is -2.15. The Morgan fingerprint density at radius 1 is 1.56 bits per heavy atom. The van der Waals surface area contributed by atoms with E-state index in [1.165, 1.54) is 21.4 Å². The van der Waals surface area contributed by atoms with Crippen LogP contribution in [0.25, 0.3) is 10.4 Å². The maximum absolute atomic E-state index is 11.0. The van der Waals surface area contributed by atoms with Crippen molar-refractivity contribution in [1.82, 2.24) is 0 Å². The van der Waals surface area contributed by atoms with Gasteiger partial charge in [-0.25, -0.2) is 4.79 Å². The Morgan fingerprint density at radius 3 is 3.17 bits per heavy atom. The van der Waals surface area contributed by atoms with Crippen molar-refractivity contribution in [3.05, 3.63) is 42.3 Å². The van der Waals surface area contributed by atoms with Crippen molar-refractivity contribution in [2.45, 2.75) is 17.9 Å². The van der Waals surface area contributed by atoms with Gasteiger partial charge in [0.15, 0.2) is 0 Å². The molecule has 0 aromatic rings. The second-order valence-electron chi connectivity index (χ2n) is 3.86. The molecule has 0 N–H and O–H groups in total. The van der Waals surface area contributed by atoms with Crippen molar-refractivity contribution >= 4 is 29.1 Å². The fourth-order valence-electron chi connectivity index (χ4n) is 1.57. The van der Waals surface area contributed by atoms with Gasteiger partial charge < -0.3 is 4.74 Å². The first-order valence-corrected chi connectivity index (χ1v) is 7.49. The summed E-state index contributed by atoms with van der Waals surface area (Å²) in [5, 5.41) is 2.08. The molecule has 0 radical (unpaired) electrons. The van der Waals surface area contributed by atoms with Crippen molar-refractivity contribution in [1.29, 1.82) is 0 Å². The van der Waals surface area contributed by atoms with Crippen LogP contribution in [0.5, 0.6) is 0 Å². The molecule has 0 bridgehead atoms. The van der Waals surface area contributed by atoms with Gasteiger partial charge in [-0.3, -0.25) is 0 Å². The van der Waals surface area contributed by atoms with E-state index in [0.29, 0.717) is 0 Å². The number of fused-ring (bicyclic) bond motifs is 1. The van der Waals surface area contributed by atoms with Crippen molar-refractivity contribution < 1.29 is 9.53 Å². The Bertz CT molecular complexity index is 518. The number of carbonyl (C=O) groups is 1. The highest BCUT2D eigenvalue weighted by atomic mass is 32.2. The van der Waals surface area contributed by atoms with Gasteiger partial charge in [-0.15, -0.1) is 23.1 Å². The van der Waals surface area contributed by atoms with Gasteiger partial charge in [-0.1, -0.05) is 24.8 Å². The van der Waals surface area contributed by atoms with E-state index in [0.717, 1.165) is 5.75 Å². The standard InChI is InChI=1S/C14H14O2S2/c1-3-13(15)16-10(2)9-18-12-7-6-11-5-4-8-17-14(11)12/h3-8,10H,1,9H2,2H3. The maximum atomic E-state index is 11.0. The van der Waals surface area contributed by atoms with Crippen LogP contribution in [-0.2, 0) is 9.53 Å². The molecule has 18 heavy (non-hydrogen) atoms. The SMILES string of the molecule is C=CC(=O)OC(C)CSc1ccc2cccsc1-2. The van der Waals surface area contributed by atoms with Gasteiger partial charge in [-0.2, -0.15) is 0 Å². The molecule has 1 heterocycles. The second-order valence-corrected chi connectivity index (χ2v) is 5.84. The third-order valence-corrected chi connectivity index (χ3v) is 4.80. The van der Waals surface area contributed by atoms with Gasteiger partial charge in [0.1, 0.15) is 6.10 Å². The summed E-state index contributed by atoms with van der Waals surface area (Å²) in [6.07, 6.45) is 1.08. The molecular formula is C14H14O2S2. The highest BCUT2D eigenvalue weighted by Crippen LogP contribution is 2.38.